The quantitative estimate of drug-likeness (QED) is 0.226. The monoisotopic (exact) mass is 578 g/mol. The van der Waals surface area contributed by atoms with Gasteiger partial charge in [-0.15, -0.1) is 0 Å². The number of carbonyl (C=O) groups is 2. The highest BCUT2D eigenvalue weighted by Crippen LogP contribution is 2.17. The zero-order valence-electron chi connectivity index (χ0n) is 21.0. The summed E-state index contributed by atoms with van der Waals surface area (Å²) in [5.74, 6) is -0.964. The Morgan fingerprint density at radius 3 is 2.45 bits per heavy atom. The summed E-state index contributed by atoms with van der Waals surface area (Å²) < 4.78 is 19.9. The molecule has 0 saturated heterocycles. The van der Waals surface area contributed by atoms with Crippen molar-refractivity contribution >= 4 is 38.7 Å². The molecule has 0 unspecified atom stereocenters. The Hall–Kier alpha value is -3.78. The Morgan fingerprint density at radius 1 is 0.947 bits per heavy atom. The van der Waals surface area contributed by atoms with Crippen LogP contribution < -0.4 is 5.43 Å². The fourth-order valence-corrected chi connectivity index (χ4v) is 4.54. The van der Waals surface area contributed by atoms with Gasteiger partial charge in [0.05, 0.1) is 23.8 Å². The third-order valence-corrected chi connectivity index (χ3v) is 6.71. The third kappa shape index (κ3) is 6.75. The van der Waals surface area contributed by atoms with Gasteiger partial charge in [0, 0.05) is 23.1 Å². The molecule has 38 heavy (non-hydrogen) atoms. The van der Waals surface area contributed by atoms with Gasteiger partial charge in [0.1, 0.15) is 17.9 Å². The molecule has 3 aromatic carbocycles. The second-order valence-corrected chi connectivity index (χ2v) is 9.97. The topological polar surface area (TPSA) is 70.8 Å². The lowest BCUT2D eigenvalue weighted by Gasteiger charge is -2.28. The molecule has 0 aliphatic carbocycles. The first kappa shape index (κ1) is 27.3. The lowest BCUT2D eigenvalue weighted by atomic mass is 10.1. The standard InChI is InChI=1S/C30H28BrFN2O4/c1-2-3-15-33(30(37)22-7-6-8-24(31)16-22)19-28(35)34(17-21-11-13-25(32)14-12-21)18-23-20-38-27-10-5-4-9-26(27)29(23)36/h4-14,16,20H,2-3,15,17-19H2,1H3. The maximum Gasteiger partial charge on any atom is 0.254 e. The molecule has 8 heteroatoms. The van der Waals surface area contributed by atoms with Gasteiger partial charge in [0.2, 0.25) is 5.91 Å². The van der Waals surface area contributed by atoms with Crippen molar-refractivity contribution in [1.29, 1.82) is 0 Å². The van der Waals surface area contributed by atoms with E-state index in [0.29, 0.717) is 34.2 Å². The SMILES string of the molecule is CCCCN(CC(=O)N(Cc1ccc(F)cc1)Cc1coc2ccccc2c1=O)C(=O)c1cccc(Br)c1. The molecule has 4 rings (SSSR count). The van der Waals surface area contributed by atoms with Gasteiger partial charge in [0.15, 0.2) is 5.43 Å². The maximum atomic E-state index is 13.7. The molecule has 6 nitrogen and oxygen atoms in total. The molecule has 1 aromatic heterocycles. The molecule has 0 atom stereocenters. The van der Waals surface area contributed by atoms with Crippen LogP contribution in [0.4, 0.5) is 4.39 Å². The molecular weight excluding hydrogens is 551 g/mol. The average Bonchev–Trinajstić information content (AvgIpc) is 2.92. The van der Waals surface area contributed by atoms with Gasteiger partial charge >= 0.3 is 0 Å². The Labute approximate surface area is 228 Å². The van der Waals surface area contributed by atoms with Crippen LogP contribution in [-0.4, -0.2) is 34.7 Å². The van der Waals surface area contributed by atoms with Crippen molar-refractivity contribution in [2.75, 3.05) is 13.1 Å². The minimum absolute atomic E-state index is 0.0178. The number of para-hydroxylation sites is 1. The van der Waals surface area contributed by atoms with Crippen molar-refractivity contribution in [3.63, 3.8) is 0 Å². The van der Waals surface area contributed by atoms with E-state index in [2.05, 4.69) is 15.9 Å². The molecule has 0 spiro atoms. The Balaban J connectivity index is 1.63. The molecule has 2 amide bonds. The molecule has 0 aliphatic rings. The molecular formula is C30H28BrFN2O4. The van der Waals surface area contributed by atoms with Crippen LogP contribution in [0.2, 0.25) is 0 Å². The number of hydrogen-bond donors (Lipinski definition) is 0. The van der Waals surface area contributed by atoms with Crippen LogP contribution in [0, 0.1) is 5.82 Å². The summed E-state index contributed by atoms with van der Waals surface area (Å²) in [5, 5.41) is 0.425. The molecule has 0 aliphatic heterocycles. The minimum atomic E-state index is -0.382. The number of benzene rings is 3. The summed E-state index contributed by atoms with van der Waals surface area (Å²) in [5.41, 5.74) is 1.73. The molecule has 0 radical (unpaired) electrons. The summed E-state index contributed by atoms with van der Waals surface area (Å²) in [4.78, 5) is 43.2. The number of hydrogen-bond acceptors (Lipinski definition) is 4. The van der Waals surface area contributed by atoms with Crippen LogP contribution in [0.5, 0.6) is 0 Å². The second-order valence-electron chi connectivity index (χ2n) is 9.05. The fraction of sp³-hybridized carbons (Fsp3) is 0.233. The number of nitrogens with zero attached hydrogens (tertiary/aromatic N) is 2. The normalized spacial score (nSPS) is 10.9. The predicted octanol–water partition coefficient (Wildman–Crippen LogP) is 6.17. The van der Waals surface area contributed by atoms with Crippen molar-refractivity contribution in [3.05, 3.63) is 116 Å². The minimum Gasteiger partial charge on any atom is -0.464 e. The van der Waals surface area contributed by atoms with E-state index in [1.54, 1.807) is 54.6 Å². The van der Waals surface area contributed by atoms with E-state index in [-0.39, 0.29) is 42.7 Å². The van der Waals surface area contributed by atoms with Crippen LogP contribution in [0.15, 0.2) is 92.7 Å². The Morgan fingerprint density at radius 2 is 1.71 bits per heavy atom. The first-order valence-electron chi connectivity index (χ1n) is 12.4. The number of halogens is 2. The van der Waals surface area contributed by atoms with Gasteiger partial charge in [-0.05, 0) is 54.4 Å². The van der Waals surface area contributed by atoms with Crippen molar-refractivity contribution in [2.24, 2.45) is 0 Å². The largest absolute Gasteiger partial charge is 0.464 e. The van der Waals surface area contributed by atoms with Crippen LogP contribution in [-0.2, 0) is 17.9 Å². The molecule has 0 bridgehead atoms. The number of rotatable bonds is 10. The van der Waals surface area contributed by atoms with E-state index in [1.807, 2.05) is 13.0 Å². The number of carbonyl (C=O) groups excluding carboxylic acids is 2. The Bertz CT molecular complexity index is 1490. The van der Waals surface area contributed by atoms with Crippen molar-refractivity contribution in [3.8, 4) is 0 Å². The molecule has 0 N–H and O–H groups in total. The highest BCUT2D eigenvalue weighted by molar-refractivity contribution is 9.10. The summed E-state index contributed by atoms with van der Waals surface area (Å²) in [6.45, 7) is 2.39. The van der Waals surface area contributed by atoms with Crippen LogP contribution >= 0.6 is 15.9 Å². The van der Waals surface area contributed by atoms with Crippen molar-refractivity contribution in [1.82, 2.24) is 9.80 Å². The number of fused-ring (bicyclic) bond motifs is 1. The first-order chi connectivity index (χ1) is 18.4. The van der Waals surface area contributed by atoms with Gasteiger partial charge in [-0.2, -0.15) is 0 Å². The second kappa shape index (κ2) is 12.6. The van der Waals surface area contributed by atoms with E-state index < -0.39 is 0 Å². The summed E-state index contributed by atoms with van der Waals surface area (Å²) in [7, 11) is 0. The van der Waals surface area contributed by atoms with Gasteiger partial charge in [0.25, 0.3) is 5.91 Å². The summed E-state index contributed by atoms with van der Waals surface area (Å²) >= 11 is 3.40. The molecule has 0 saturated carbocycles. The molecule has 0 fully saturated rings. The fourth-order valence-electron chi connectivity index (χ4n) is 4.14. The number of amides is 2. The zero-order chi connectivity index (χ0) is 27.1. The van der Waals surface area contributed by atoms with E-state index in [4.69, 9.17) is 4.42 Å². The summed E-state index contributed by atoms with van der Waals surface area (Å²) in [6.07, 6.45) is 2.96. The highest BCUT2D eigenvalue weighted by atomic mass is 79.9. The van der Waals surface area contributed by atoms with Crippen molar-refractivity contribution in [2.45, 2.75) is 32.9 Å². The van der Waals surface area contributed by atoms with Gasteiger partial charge in [-0.1, -0.05) is 59.6 Å². The molecule has 196 valence electrons. The lowest BCUT2D eigenvalue weighted by Crippen LogP contribution is -2.43. The van der Waals surface area contributed by atoms with Gasteiger partial charge < -0.3 is 14.2 Å². The number of unbranched alkanes of at least 4 members (excludes halogenated alkanes) is 1. The Kier molecular flexibility index (Phi) is 9.07. The average molecular weight is 579 g/mol. The van der Waals surface area contributed by atoms with Crippen LogP contribution in [0.1, 0.15) is 41.3 Å². The summed E-state index contributed by atoms with van der Waals surface area (Å²) in [6, 6.07) is 19.8. The lowest BCUT2D eigenvalue weighted by molar-refractivity contribution is -0.133. The zero-order valence-corrected chi connectivity index (χ0v) is 22.6. The predicted molar refractivity (Wildman–Crippen MR) is 148 cm³/mol. The first-order valence-corrected chi connectivity index (χ1v) is 13.2. The smallest absolute Gasteiger partial charge is 0.254 e. The van der Waals surface area contributed by atoms with Crippen LogP contribution in [0.3, 0.4) is 0 Å². The van der Waals surface area contributed by atoms with E-state index in [0.717, 1.165) is 17.3 Å². The molecule has 1 heterocycles. The third-order valence-electron chi connectivity index (χ3n) is 6.22. The maximum absolute atomic E-state index is 13.7. The van der Waals surface area contributed by atoms with Crippen molar-refractivity contribution < 1.29 is 18.4 Å². The van der Waals surface area contributed by atoms with E-state index in [9.17, 15) is 18.8 Å². The van der Waals surface area contributed by atoms with Gasteiger partial charge in [-0.25, -0.2) is 4.39 Å². The van der Waals surface area contributed by atoms with Crippen LogP contribution in [0.25, 0.3) is 11.0 Å². The highest BCUT2D eigenvalue weighted by Gasteiger charge is 2.24. The molecule has 4 aromatic rings. The van der Waals surface area contributed by atoms with Gasteiger partial charge in [-0.3, -0.25) is 14.4 Å². The van der Waals surface area contributed by atoms with E-state index >= 15 is 0 Å². The van der Waals surface area contributed by atoms with E-state index in [1.165, 1.54) is 28.2 Å².